The number of halogens is 1. The number of benzene rings is 1. The summed E-state index contributed by atoms with van der Waals surface area (Å²) in [6.45, 7) is 0.149. The van der Waals surface area contributed by atoms with Crippen LogP contribution in [0.2, 0.25) is 0 Å². The number of primary amides is 1. The first-order valence-corrected chi connectivity index (χ1v) is 6.07. The molecule has 0 aromatic heterocycles. The highest BCUT2D eigenvalue weighted by Gasteiger charge is 2.06. The van der Waals surface area contributed by atoms with Crippen LogP contribution in [-0.2, 0) is 5.75 Å². The number of thioether (sulfide) groups is 1. The Morgan fingerprint density at radius 1 is 1.50 bits per heavy atom. The fourth-order valence-corrected chi connectivity index (χ4v) is 2.10. The maximum Gasteiger partial charge on any atom is 0.248 e. The van der Waals surface area contributed by atoms with Crippen LogP contribution in [-0.4, -0.2) is 23.4 Å². The van der Waals surface area contributed by atoms with E-state index >= 15 is 0 Å². The van der Waals surface area contributed by atoms with Gasteiger partial charge in [0.15, 0.2) is 0 Å². The first-order valence-electron chi connectivity index (χ1n) is 4.92. The van der Waals surface area contributed by atoms with E-state index < -0.39 is 11.7 Å². The smallest absolute Gasteiger partial charge is 0.248 e. The molecule has 0 aliphatic heterocycles. The van der Waals surface area contributed by atoms with Gasteiger partial charge in [-0.1, -0.05) is 6.07 Å². The molecule has 0 aliphatic carbocycles. The Labute approximate surface area is 97.8 Å². The van der Waals surface area contributed by atoms with Crippen molar-refractivity contribution in [1.82, 2.24) is 0 Å². The molecule has 0 heterocycles. The lowest BCUT2D eigenvalue weighted by molar-refractivity contribution is 0.1000. The van der Waals surface area contributed by atoms with Crippen molar-refractivity contribution in [1.29, 1.82) is 0 Å². The summed E-state index contributed by atoms with van der Waals surface area (Å²) in [7, 11) is 0. The predicted octanol–water partition coefficient (Wildman–Crippen LogP) is 1.54. The molecule has 0 unspecified atom stereocenters. The van der Waals surface area contributed by atoms with Gasteiger partial charge in [-0.3, -0.25) is 4.79 Å². The lowest BCUT2D eigenvalue weighted by Gasteiger charge is -2.04. The zero-order valence-corrected chi connectivity index (χ0v) is 9.60. The molecule has 3 N–H and O–H groups in total. The van der Waals surface area contributed by atoms with Crippen molar-refractivity contribution in [2.24, 2.45) is 5.73 Å². The number of rotatable bonds is 6. The van der Waals surface area contributed by atoms with Crippen LogP contribution in [0.15, 0.2) is 18.2 Å². The average Bonchev–Trinajstić information content (AvgIpc) is 2.26. The van der Waals surface area contributed by atoms with Crippen LogP contribution in [0.25, 0.3) is 0 Å². The zero-order chi connectivity index (χ0) is 12.0. The number of nitrogens with two attached hydrogens (primary N) is 1. The normalized spacial score (nSPS) is 10.4. The molecule has 1 rings (SSSR count). The topological polar surface area (TPSA) is 63.3 Å². The zero-order valence-electron chi connectivity index (χ0n) is 8.78. The second-order valence-corrected chi connectivity index (χ2v) is 4.41. The molecule has 0 radical (unpaired) electrons. The van der Waals surface area contributed by atoms with Crippen LogP contribution in [0.4, 0.5) is 4.39 Å². The molecule has 0 bridgehead atoms. The van der Waals surface area contributed by atoms with Crippen molar-refractivity contribution in [3.8, 4) is 0 Å². The quantitative estimate of drug-likeness (QED) is 0.745. The van der Waals surface area contributed by atoms with E-state index in [1.54, 1.807) is 17.8 Å². The molecule has 88 valence electrons. The summed E-state index contributed by atoms with van der Waals surface area (Å²) >= 11 is 1.54. The van der Waals surface area contributed by atoms with Gasteiger partial charge in [-0.05, 0) is 29.9 Å². The number of carbonyl (C=O) groups excluding carboxylic acids is 1. The molecule has 16 heavy (non-hydrogen) atoms. The molecule has 1 aromatic rings. The van der Waals surface area contributed by atoms with Crippen LogP contribution < -0.4 is 5.73 Å². The third-order valence-corrected chi connectivity index (χ3v) is 3.13. The van der Waals surface area contributed by atoms with E-state index in [1.807, 2.05) is 0 Å². The van der Waals surface area contributed by atoms with E-state index in [1.165, 1.54) is 6.07 Å². The first kappa shape index (κ1) is 13.0. The molecular formula is C11H14FNO2S. The molecule has 0 fully saturated rings. The second-order valence-electron chi connectivity index (χ2n) is 3.30. The summed E-state index contributed by atoms with van der Waals surface area (Å²) < 4.78 is 13.4. The molecule has 0 saturated carbocycles. The Hall–Kier alpha value is -1.07. The number of amides is 1. The molecule has 0 atom stereocenters. The number of aliphatic hydroxyl groups is 1. The molecule has 0 saturated heterocycles. The third-order valence-electron chi connectivity index (χ3n) is 2.04. The maximum atomic E-state index is 13.4. The van der Waals surface area contributed by atoms with E-state index in [9.17, 15) is 9.18 Å². The van der Waals surface area contributed by atoms with Crippen molar-refractivity contribution in [2.75, 3.05) is 12.4 Å². The van der Waals surface area contributed by atoms with Crippen LogP contribution >= 0.6 is 11.8 Å². The van der Waals surface area contributed by atoms with E-state index in [-0.39, 0.29) is 12.2 Å². The van der Waals surface area contributed by atoms with Gasteiger partial charge in [0.2, 0.25) is 5.91 Å². The summed E-state index contributed by atoms with van der Waals surface area (Å²) in [6, 6.07) is 4.25. The standard InChI is InChI=1S/C11H14FNO2S/c12-10-6-8(11(13)15)2-3-9(10)7-16-5-1-4-14/h2-3,6,14H,1,4-5,7H2,(H2,13,15). The van der Waals surface area contributed by atoms with Gasteiger partial charge < -0.3 is 10.8 Å². The summed E-state index contributed by atoms with van der Waals surface area (Å²) in [5, 5.41) is 8.58. The van der Waals surface area contributed by atoms with Gasteiger partial charge in [0.25, 0.3) is 0 Å². The molecular weight excluding hydrogens is 229 g/mol. The van der Waals surface area contributed by atoms with E-state index in [0.717, 1.165) is 11.8 Å². The summed E-state index contributed by atoms with van der Waals surface area (Å²) in [5.74, 6) is 0.282. The molecule has 1 aromatic carbocycles. The lowest BCUT2D eigenvalue weighted by Crippen LogP contribution is -2.11. The third kappa shape index (κ3) is 3.83. The summed E-state index contributed by atoms with van der Waals surface area (Å²) in [6.07, 6.45) is 0.700. The minimum Gasteiger partial charge on any atom is -0.396 e. The van der Waals surface area contributed by atoms with E-state index in [2.05, 4.69) is 0 Å². The van der Waals surface area contributed by atoms with Crippen LogP contribution in [0.1, 0.15) is 22.3 Å². The van der Waals surface area contributed by atoms with Crippen LogP contribution in [0.5, 0.6) is 0 Å². The van der Waals surface area contributed by atoms with Crippen molar-refractivity contribution in [3.05, 3.63) is 35.1 Å². The monoisotopic (exact) mass is 243 g/mol. The molecule has 0 aliphatic rings. The van der Waals surface area contributed by atoms with Gasteiger partial charge in [-0.25, -0.2) is 4.39 Å². The van der Waals surface area contributed by atoms with Crippen molar-refractivity contribution < 1.29 is 14.3 Å². The number of aliphatic hydroxyl groups excluding tert-OH is 1. The Morgan fingerprint density at radius 2 is 2.25 bits per heavy atom. The SMILES string of the molecule is NC(=O)c1ccc(CSCCCO)c(F)c1. The highest BCUT2D eigenvalue weighted by Crippen LogP contribution is 2.17. The minimum absolute atomic E-state index is 0.149. The predicted molar refractivity (Wildman–Crippen MR) is 62.8 cm³/mol. The fraction of sp³-hybridized carbons (Fsp3) is 0.364. The Bertz CT molecular complexity index is 371. The van der Waals surface area contributed by atoms with Crippen molar-refractivity contribution in [2.45, 2.75) is 12.2 Å². The lowest BCUT2D eigenvalue weighted by atomic mass is 10.1. The summed E-state index contributed by atoms with van der Waals surface area (Å²) in [4.78, 5) is 10.8. The van der Waals surface area contributed by atoms with Gasteiger partial charge in [0.1, 0.15) is 5.82 Å². The highest BCUT2D eigenvalue weighted by atomic mass is 32.2. The second kappa shape index (κ2) is 6.50. The fourth-order valence-electron chi connectivity index (χ4n) is 1.17. The summed E-state index contributed by atoms with van der Waals surface area (Å²) in [5.41, 5.74) is 5.76. The maximum absolute atomic E-state index is 13.4. The van der Waals surface area contributed by atoms with Gasteiger partial charge >= 0.3 is 0 Å². The van der Waals surface area contributed by atoms with Gasteiger partial charge in [-0.2, -0.15) is 11.8 Å². The van der Waals surface area contributed by atoms with Gasteiger partial charge in [0, 0.05) is 17.9 Å². The number of carbonyl (C=O) groups is 1. The highest BCUT2D eigenvalue weighted by molar-refractivity contribution is 7.98. The minimum atomic E-state index is -0.626. The molecule has 0 spiro atoms. The van der Waals surface area contributed by atoms with Crippen molar-refractivity contribution in [3.63, 3.8) is 0 Å². The first-order chi connectivity index (χ1) is 7.65. The Balaban J connectivity index is 2.57. The number of hydrogen-bond donors (Lipinski definition) is 2. The average molecular weight is 243 g/mol. The molecule has 1 amide bonds. The van der Waals surface area contributed by atoms with E-state index in [4.69, 9.17) is 10.8 Å². The van der Waals surface area contributed by atoms with E-state index in [0.29, 0.717) is 17.7 Å². The molecule has 3 nitrogen and oxygen atoms in total. The number of hydrogen-bond acceptors (Lipinski definition) is 3. The van der Waals surface area contributed by atoms with Crippen LogP contribution in [0, 0.1) is 5.82 Å². The van der Waals surface area contributed by atoms with Crippen LogP contribution in [0.3, 0.4) is 0 Å². The van der Waals surface area contributed by atoms with Gasteiger partial charge in [-0.15, -0.1) is 0 Å². The Kier molecular flexibility index (Phi) is 5.28. The largest absolute Gasteiger partial charge is 0.396 e. The Morgan fingerprint density at radius 3 is 2.81 bits per heavy atom. The van der Waals surface area contributed by atoms with Crippen molar-refractivity contribution >= 4 is 17.7 Å². The molecule has 5 heteroatoms. The van der Waals surface area contributed by atoms with Gasteiger partial charge in [0.05, 0.1) is 0 Å².